The van der Waals surface area contributed by atoms with Crippen LogP contribution in [0.1, 0.15) is 38.7 Å². The smallest absolute Gasteiger partial charge is 0.471 e. The van der Waals surface area contributed by atoms with Gasteiger partial charge in [0, 0.05) is 44.6 Å². The fraction of sp³-hybridized carbons (Fsp3) is 0.500. The minimum Gasteiger partial charge on any atom is -0.491 e. The van der Waals surface area contributed by atoms with Gasteiger partial charge in [0.2, 0.25) is 0 Å². The topological polar surface area (TPSA) is 65.0 Å². The summed E-state index contributed by atoms with van der Waals surface area (Å²) in [6, 6.07) is 14.3. The van der Waals surface area contributed by atoms with E-state index in [2.05, 4.69) is 9.80 Å². The Morgan fingerprint density at radius 3 is 2.16 bits per heavy atom. The normalized spacial score (nSPS) is 15.4. The second kappa shape index (κ2) is 14.1. The molecule has 0 radical (unpaired) electrons. The Kier molecular flexibility index (Phi) is 12.5. The maximum atomic E-state index is 12.4. The van der Waals surface area contributed by atoms with Crippen molar-refractivity contribution in [3.8, 4) is 5.75 Å². The standard InChI is InChI=1S/C26H34F3N3O3.2ClH/c1-19(2)35-23-10-8-22(9-11-23)31(3)15-12-25(34)13-16-32(17-14-25)18-20-4-6-21(7-5-20)30-24(33)26(27,28)29;;/h4-11,19,34H,12-18H2,1-3H3,(H,30,33);2*1H. The molecule has 2 aromatic rings. The molecule has 2 aromatic carbocycles. The first-order chi connectivity index (χ1) is 16.4. The van der Waals surface area contributed by atoms with E-state index >= 15 is 0 Å². The first-order valence-corrected chi connectivity index (χ1v) is 11.8. The molecule has 0 unspecified atom stereocenters. The summed E-state index contributed by atoms with van der Waals surface area (Å²) in [4.78, 5) is 15.4. The van der Waals surface area contributed by atoms with Crippen molar-refractivity contribution >= 4 is 42.1 Å². The van der Waals surface area contributed by atoms with E-state index in [1.165, 1.54) is 12.1 Å². The maximum absolute atomic E-state index is 12.4. The van der Waals surface area contributed by atoms with Gasteiger partial charge < -0.3 is 20.1 Å². The van der Waals surface area contributed by atoms with Gasteiger partial charge in [-0.25, -0.2) is 0 Å². The molecule has 0 aromatic heterocycles. The summed E-state index contributed by atoms with van der Waals surface area (Å²) in [5, 5.41) is 12.9. The van der Waals surface area contributed by atoms with Gasteiger partial charge in [-0.1, -0.05) is 12.1 Å². The number of nitrogens with zero attached hydrogens (tertiary/aromatic N) is 2. The zero-order valence-corrected chi connectivity index (χ0v) is 22.9. The Balaban J connectivity index is 0.00000342. The summed E-state index contributed by atoms with van der Waals surface area (Å²) in [5.41, 5.74) is 1.38. The zero-order valence-electron chi connectivity index (χ0n) is 21.3. The van der Waals surface area contributed by atoms with Gasteiger partial charge in [0.1, 0.15) is 5.75 Å². The maximum Gasteiger partial charge on any atom is 0.471 e. The number of hydrogen-bond acceptors (Lipinski definition) is 5. The highest BCUT2D eigenvalue weighted by Gasteiger charge is 2.38. The number of rotatable bonds is 9. The number of piperidine rings is 1. The van der Waals surface area contributed by atoms with Crippen molar-refractivity contribution in [2.75, 3.05) is 36.9 Å². The van der Waals surface area contributed by atoms with E-state index in [0.717, 1.165) is 36.6 Å². The van der Waals surface area contributed by atoms with Crippen molar-refractivity contribution in [3.63, 3.8) is 0 Å². The van der Waals surface area contributed by atoms with Gasteiger partial charge in [-0.05, 0) is 75.1 Å². The molecule has 0 aliphatic carbocycles. The fourth-order valence-corrected chi connectivity index (χ4v) is 4.09. The van der Waals surface area contributed by atoms with Crippen LogP contribution < -0.4 is 15.0 Å². The summed E-state index contributed by atoms with van der Waals surface area (Å²) in [5.74, 6) is -1.15. The largest absolute Gasteiger partial charge is 0.491 e. The molecule has 1 aliphatic heterocycles. The molecule has 6 nitrogen and oxygen atoms in total. The lowest BCUT2D eigenvalue weighted by Crippen LogP contribution is -2.45. The molecule has 1 amide bonds. The van der Waals surface area contributed by atoms with Crippen LogP contribution in [0.4, 0.5) is 24.5 Å². The van der Waals surface area contributed by atoms with Crippen LogP contribution in [0, 0.1) is 0 Å². The van der Waals surface area contributed by atoms with E-state index in [4.69, 9.17) is 4.74 Å². The molecular weight excluding hydrogens is 530 g/mol. The second-order valence-corrected chi connectivity index (χ2v) is 9.48. The zero-order chi connectivity index (χ0) is 25.6. The molecule has 0 saturated carbocycles. The predicted octanol–water partition coefficient (Wildman–Crippen LogP) is 5.67. The number of aliphatic hydroxyl groups is 1. The van der Waals surface area contributed by atoms with Gasteiger partial charge in [-0.15, -0.1) is 24.8 Å². The number of alkyl halides is 3. The third-order valence-electron chi connectivity index (χ3n) is 6.22. The molecule has 37 heavy (non-hydrogen) atoms. The van der Waals surface area contributed by atoms with Gasteiger partial charge >= 0.3 is 12.1 Å². The Morgan fingerprint density at radius 1 is 1.08 bits per heavy atom. The Hall–Kier alpha value is -2.20. The Labute approximate surface area is 229 Å². The van der Waals surface area contributed by atoms with E-state index in [1.54, 1.807) is 12.1 Å². The molecule has 1 fully saturated rings. The lowest BCUT2D eigenvalue weighted by Gasteiger charge is -2.39. The van der Waals surface area contributed by atoms with Crippen LogP contribution in [0.3, 0.4) is 0 Å². The predicted molar refractivity (Wildman–Crippen MR) is 145 cm³/mol. The summed E-state index contributed by atoms with van der Waals surface area (Å²) >= 11 is 0. The van der Waals surface area contributed by atoms with Gasteiger partial charge in [-0.3, -0.25) is 9.69 Å². The van der Waals surface area contributed by atoms with Crippen molar-refractivity contribution in [3.05, 3.63) is 54.1 Å². The monoisotopic (exact) mass is 565 g/mol. The van der Waals surface area contributed by atoms with Crippen molar-refractivity contribution in [1.29, 1.82) is 0 Å². The first kappa shape index (κ1) is 32.8. The first-order valence-electron chi connectivity index (χ1n) is 11.8. The van der Waals surface area contributed by atoms with Crippen LogP contribution in [0.25, 0.3) is 0 Å². The number of ether oxygens (including phenoxy) is 1. The number of carbonyl (C=O) groups excluding carboxylic acids is 1. The average molecular weight is 566 g/mol. The second-order valence-electron chi connectivity index (χ2n) is 9.48. The van der Waals surface area contributed by atoms with Crippen molar-refractivity contribution in [1.82, 2.24) is 4.90 Å². The Bertz CT molecular complexity index is 966. The summed E-state index contributed by atoms with van der Waals surface area (Å²) in [6.07, 6.45) is -2.81. The van der Waals surface area contributed by atoms with Crippen LogP contribution in [0.2, 0.25) is 0 Å². The molecular formula is C26H36Cl2F3N3O3. The number of anilines is 2. The van der Waals surface area contributed by atoms with E-state index in [9.17, 15) is 23.1 Å². The van der Waals surface area contributed by atoms with Gasteiger partial charge in [0.15, 0.2) is 0 Å². The SMILES string of the molecule is CC(C)Oc1ccc(N(C)CCC2(O)CCN(Cc3ccc(NC(=O)C(F)(F)F)cc3)CC2)cc1.Cl.Cl. The summed E-state index contributed by atoms with van der Waals surface area (Å²) in [7, 11) is 2.01. The number of nitrogens with one attached hydrogen (secondary N) is 1. The van der Waals surface area contributed by atoms with Crippen LogP contribution in [-0.2, 0) is 11.3 Å². The highest BCUT2D eigenvalue weighted by atomic mass is 35.5. The number of halogens is 5. The van der Waals surface area contributed by atoms with Gasteiger partial charge in [0.25, 0.3) is 0 Å². The molecule has 2 N–H and O–H groups in total. The lowest BCUT2D eigenvalue weighted by atomic mass is 9.88. The van der Waals surface area contributed by atoms with Gasteiger partial charge in [0.05, 0.1) is 11.7 Å². The summed E-state index contributed by atoms with van der Waals surface area (Å²) < 4.78 is 42.8. The number of hydrogen-bond donors (Lipinski definition) is 2. The molecule has 0 spiro atoms. The van der Waals surface area contributed by atoms with Crippen LogP contribution in [-0.4, -0.2) is 60.5 Å². The number of carbonyl (C=O) groups is 1. The van der Waals surface area contributed by atoms with E-state index in [1.807, 2.05) is 50.5 Å². The molecule has 0 atom stereocenters. The minimum atomic E-state index is -4.91. The van der Waals surface area contributed by atoms with Crippen molar-refractivity contribution in [2.24, 2.45) is 0 Å². The van der Waals surface area contributed by atoms with E-state index in [0.29, 0.717) is 25.8 Å². The quantitative estimate of drug-likeness (QED) is 0.410. The van der Waals surface area contributed by atoms with Crippen LogP contribution >= 0.6 is 24.8 Å². The molecule has 1 saturated heterocycles. The molecule has 208 valence electrons. The molecule has 3 rings (SSSR count). The third kappa shape index (κ3) is 10.2. The number of amides is 1. The van der Waals surface area contributed by atoms with Crippen LogP contribution in [0.15, 0.2) is 48.5 Å². The molecule has 11 heteroatoms. The van der Waals surface area contributed by atoms with Crippen molar-refractivity contribution in [2.45, 2.75) is 57.5 Å². The number of benzene rings is 2. The highest BCUT2D eigenvalue weighted by molar-refractivity contribution is 5.94. The third-order valence-corrected chi connectivity index (χ3v) is 6.22. The van der Waals surface area contributed by atoms with E-state index < -0.39 is 17.7 Å². The minimum absolute atomic E-state index is 0. The van der Waals surface area contributed by atoms with Crippen molar-refractivity contribution < 1.29 is 27.8 Å². The Morgan fingerprint density at radius 2 is 1.65 bits per heavy atom. The fourth-order valence-electron chi connectivity index (χ4n) is 4.09. The molecule has 1 aliphatic rings. The highest BCUT2D eigenvalue weighted by Crippen LogP contribution is 2.28. The van der Waals surface area contributed by atoms with Crippen LogP contribution in [0.5, 0.6) is 5.75 Å². The lowest BCUT2D eigenvalue weighted by molar-refractivity contribution is -0.167. The van der Waals surface area contributed by atoms with Gasteiger partial charge in [-0.2, -0.15) is 13.2 Å². The van der Waals surface area contributed by atoms with E-state index in [-0.39, 0.29) is 36.6 Å². The molecule has 0 bridgehead atoms. The number of likely N-dealkylation sites (tertiary alicyclic amines) is 1. The molecule has 1 heterocycles. The average Bonchev–Trinajstić information content (AvgIpc) is 2.80. The summed E-state index contributed by atoms with van der Waals surface area (Å²) in [6.45, 7) is 6.80.